The van der Waals surface area contributed by atoms with E-state index in [-0.39, 0.29) is 11.9 Å². The highest BCUT2D eigenvalue weighted by molar-refractivity contribution is 5.91. The molecule has 0 radical (unpaired) electrons. The molecule has 1 heterocycles. The molecule has 0 saturated heterocycles. The molecule has 0 saturated carbocycles. The highest BCUT2D eigenvalue weighted by atomic mass is 16.5. The Morgan fingerprint density at radius 1 is 1.17 bits per heavy atom. The fourth-order valence-corrected chi connectivity index (χ4v) is 2.54. The van der Waals surface area contributed by atoms with Crippen LogP contribution in [0.15, 0.2) is 24.3 Å². The molecular formula is C17H23N3O3. The molecule has 0 aliphatic rings. The van der Waals surface area contributed by atoms with Gasteiger partial charge in [-0.25, -0.2) is 0 Å². The summed E-state index contributed by atoms with van der Waals surface area (Å²) >= 11 is 0. The first-order valence-electron chi connectivity index (χ1n) is 7.48. The fourth-order valence-electron chi connectivity index (χ4n) is 2.54. The van der Waals surface area contributed by atoms with Crippen molar-refractivity contribution >= 4 is 11.6 Å². The minimum absolute atomic E-state index is 0.0174. The van der Waals surface area contributed by atoms with Crippen molar-refractivity contribution in [2.24, 2.45) is 0 Å². The molecule has 2 aromatic rings. The quantitative estimate of drug-likeness (QED) is 0.889. The van der Waals surface area contributed by atoms with Crippen molar-refractivity contribution < 1.29 is 14.3 Å². The van der Waals surface area contributed by atoms with Crippen molar-refractivity contribution in [3.8, 4) is 11.5 Å². The lowest BCUT2D eigenvalue weighted by Crippen LogP contribution is -2.19. The van der Waals surface area contributed by atoms with Crippen LogP contribution in [0.5, 0.6) is 11.5 Å². The van der Waals surface area contributed by atoms with E-state index < -0.39 is 0 Å². The lowest BCUT2D eigenvalue weighted by atomic mass is 10.2. The maximum atomic E-state index is 12.3. The zero-order valence-electron chi connectivity index (χ0n) is 14.2. The number of nitrogens with zero attached hydrogens (tertiary/aromatic N) is 2. The molecule has 0 bridgehead atoms. The largest absolute Gasteiger partial charge is 0.497 e. The minimum Gasteiger partial charge on any atom is -0.497 e. The van der Waals surface area contributed by atoms with Gasteiger partial charge in [-0.1, -0.05) is 0 Å². The van der Waals surface area contributed by atoms with Gasteiger partial charge in [0.2, 0.25) is 5.91 Å². The number of amides is 1. The highest BCUT2D eigenvalue weighted by Crippen LogP contribution is 2.26. The van der Waals surface area contributed by atoms with Crippen LogP contribution < -0.4 is 14.8 Å². The number of rotatable bonds is 6. The molecule has 1 N–H and O–H groups in total. The van der Waals surface area contributed by atoms with Gasteiger partial charge in [0.25, 0.3) is 0 Å². The summed E-state index contributed by atoms with van der Waals surface area (Å²) in [6.45, 7) is 5.91. The predicted octanol–water partition coefficient (Wildman–Crippen LogP) is 3.11. The third kappa shape index (κ3) is 4.25. The smallest absolute Gasteiger partial charge is 0.226 e. The van der Waals surface area contributed by atoms with E-state index in [4.69, 9.17) is 9.47 Å². The Hall–Kier alpha value is -2.50. The third-order valence-corrected chi connectivity index (χ3v) is 3.58. The van der Waals surface area contributed by atoms with Crippen molar-refractivity contribution in [2.45, 2.75) is 33.2 Å². The van der Waals surface area contributed by atoms with Gasteiger partial charge in [0.15, 0.2) is 0 Å². The average Bonchev–Trinajstić information content (AvgIpc) is 2.85. The van der Waals surface area contributed by atoms with Crippen molar-refractivity contribution in [1.82, 2.24) is 9.78 Å². The van der Waals surface area contributed by atoms with Crippen LogP contribution in [-0.4, -0.2) is 29.9 Å². The second-order valence-electron chi connectivity index (χ2n) is 5.57. The summed E-state index contributed by atoms with van der Waals surface area (Å²) in [5.74, 6) is 1.18. The maximum absolute atomic E-state index is 12.3. The van der Waals surface area contributed by atoms with Crippen molar-refractivity contribution in [3.05, 3.63) is 35.7 Å². The average molecular weight is 317 g/mol. The van der Waals surface area contributed by atoms with Crippen molar-refractivity contribution in [3.63, 3.8) is 0 Å². The normalized spacial score (nSPS) is 11.9. The summed E-state index contributed by atoms with van der Waals surface area (Å²) in [5.41, 5.74) is 2.64. The molecule has 1 atom stereocenters. The molecular weight excluding hydrogens is 294 g/mol. The number of anilines is 1. The number of aryl methyl sites for hydroxylation is 2. The number of methoxy groups -OCH3 is 2. The first kappa shape index (κ1) is 16.9. The number of carbonyl (C=O) groups is 1. The van der Waals surface area contributed by atoms with Gasteiger partial charge in [-0.05, 0) is 26.8 Å². The van der Waals surface area contributed by atoms with Crippen LogP contribution in [0, 0.1) is 13.8 Å². The van der Waals surface area contributed by atoms with E-state index in [1.165, 1.54) is 0 Å². The van der Waals surface area contributed by atoms with Crippen LogP contribution in [0.25, 0.3) is 0 Å². The summed E-state index contributed by atoms with van der Waals surface area (Å²) in [7, 11) is 3.15. The summed E-state index contributed by atoms with van der Waals surface area (Å²) in [5, 5.41) is 7.30. The first-order valence-corrected chi connectivity index (χ1v) is 7.48. The zero-order valence-corrected chi connectivity index (χ0v) is 14.2. The number of ether oxygens (including phenoxy) is 2. The molecule has 0 unspecified atom stereocenters. The Bertz CT molecular complexity index is 672. The molecule has 1 amide bonds. The highest BCUT2D eigenvalue weighted by Gasteiger charge is 2.14. The van der Waals surface area contributed by atoms with Crippen LogP contribution in [0.3, 0.4) is 0 Å². The molecule has 0 fully saturated rings. The molecule has 1 aromatic heterocycles. The number of hydrogen-bond donors (Lipinski definition) is 1. The molecule has 1 aromatic carbocycles. The number of aromatic nitrogens is 2. The minimum atomic E-state index is -0.0830. The van der Waals surface area contributed by atoms with E-state index in [9.17, 15) is 4.79 Å². The van der Waals surface area contributed by atoms with Gasteiger partial charge in [-0.2, -0.15) is 5.10 Å². The molecule has 23 heavy (non-hydrogen) atoms. The van der Waals surface area contributed by atoms with Crippen LogP contribution in [0.4, 0.5) is 5.69 Å². The van der Waals surface area contributed by atoms with E-state index in [0.717, 1.165) is 11.4 Å². The van der Waals surface area contributed by atoms with Crippen molar-refractivity contribution in [1.29, 1.82) is 0 Å². The summed E-state index contributed by atoms with van der Waals surface area (Å²) in [4.78, 5) is 12.3. The van der Waals surface area contributed by atoms with E-state index >= 15 is 0 Å². The van der Waals surface area contributed by atoms with Crippen molar-refractivity contribution in [2.75, 3.05) is 19.5 Å². The molecule has 2 rings (SSSR count). The third-order valence-electron chi connectivity index (χ3n) is 3.58. The number of nitrogens with one attached hydrogen (secondary N) is 1. The van der Waals surface area contributed by atoms with Gasteiger partial charge in [-0.15, -0.1) is 0 Å². The molecule has 124 valence electrons. The Labute approximate surface area is 136 Å². The van der Waals surface area contributed by atoms with Gasteiger partial charge in [0.05, 0.1) is 26.0 Å². The predicted molar refractivity (Wildman–Crippen MR) is 89.2 cm³/mol. The van der Waals surface area contributed by atoms with E-state index in [1.54, 1.807) is 32.4 Å². The first-order chi connectivity index (χ1) is 10.9. The lowest BCUT2D eigenvalue weighted by Gasteiger charge is -2.15. The van der Waals surface area contributed by atoms with Crippen LogP contribution in [0.2, 0.25) is 0 Å². The second-order valence-corrected chi connectivity index (χ2v) is 5.57. The summed E-state index contributed by atoms with van der Waals surface area (Å²) in [6.07, 6.45) is 0.335. The summed E-state index contributed by atoms with van der Waals surface area (Å²) < 4.78 is 12.3. The lowest BCUT2D eigenvalue weighted by molar-refractivity contribution is -0.116. The van der Waals surface area contributed by atoms with Gasteiger partial charge >= 0.3 is 0 Å². The SMILES string of the molecule is COc1cc(NC(=O)C[C@@H](C)n2nc(C)cc2C)cc(OC)c1. The van der Waals surface area contributed by atoms with Gasteiger partial charge < -0.3 is 14.8 Å². The molecule has 6 heteroatoms. The van der Waals surface area contributed by atoms with E-state index in [1.807, 2.05) is 31.5 Å². The molecule has 0 spiro atoms. The van der Waals surface area contributed by atoms with Crippen LogP contribution in [-0.2, 0) is 4.79 Å². The maximum Gasteiger partial charge on any atom is 0.226 e. The Kier molecular flexibility index (Phi) is 5.26. The topological polar surface area (TPSA) is 65.4 Å². The number of carbonyl (C=O) groups excluding carboxylic acids is 1. The van der Waals surface area contributed by atoms with Gasteiger partial charge in [0.1, 0.15) is 11.5 Å². The van der Waals surface area contributed by atoms with Crippen LogP contribution >= 0.6 is 0 Å². The number of hydrogen-bond acceptors (Lipinski definition) is 4. The van der Waals surface area contributed by atoms with E-state index in [2.05, 4.69) is 10.4 Å². The molecule has 0 aliphatic heterocycles. The standard InChI is InChI=1S/C17H23N3O3/c1-11-6-12(2)20(19-11)13(3)7-17(21)18-14-8-15(22-4)10-16(9-14)23-5/h6,8-10,13H,7H2,1-5H3,(H,18,21)/t13-/m1/s1. The summed E-state index contributed by atoms with van der Waals surface area (Å²) in [6, 6.07) is 7.26. The Morgan fingerprint density at radius 3 is 2.26 bits per heavy atom. The monoisotopic (exact) mass is 317 g/mol. The second kappa shape index (κ2) is 7.17. The zero-order chi connectivity index (χ0) is 17.0. The number of benzene rings is 1. The van der Waals surface area contributed by atoms with Gasteiger partial charge in [-0.3, -0.25) is 9.48 Å². The fraction of sp³-hybridized carbons (Fsp3) is 0.412. The van der Waals surface area contributed by atoms with Gasteiger partial charge in [0, 0.05) is 36.0 Å². The molecule has 0 aliphatic carbocycles. The Morgan fingerprint density at radius 2 is 1.78 bits per heavy atom. The van der Waals surface area contributed by atoms with Crippen LogP contribution in [0.1, 0.15) is 30.8 Å². The Balaban J connectivity index is 2.06. The van der Waals surface area contributed by atoms with E-state index in [0.29, 0.717) is 23.6 Å². The molecule has 6 nitrogen and oxygen atoms in total.